The second-order valence-electron chi connectivity index (χ2n) is 4.53. The molecule has 0 aliphatic carbocycles. The van der Waals surface area contributed by atoms with E-state index in [9.17, 15) is 9.59 Å². The van der Waals surface area contributed by atoms with E-state index in [1.807, 2.05) is 0 Å². The molecule has 7 heteroatoms. The van der Waals surface area contributed by atoms with Gasteiger partial charge in [-0.3, -0.25) is 4.98 Å². The first-order chi connectivity index (χ1) is 9.10. The van der Waals surface area contributed by atoms with Crippen LogP contribution in [0.5, 0.6) is 0 Å². The first kappa shape index (κ1) is 13.3. The Hall–Kier alpha value is -2.15. The number of likely N-dealkylation sites (tertiary alicyclic amines) is 1. The summed E-state index contributed by atoms with van der Waals surface area (Å²) < 4.78 is 0. The highest BCUT2D eigenvalue weighted by Gasteiger charge is 2.25. The number of carboxylic acid groups (broad SMARTS) is 1. The molecule has 0 aromatic carbocycles. The highest BCUT2D eigenvalue weighted by atomic mass is 16.4. The number of nitrogens with one attached hydrogen (secondary N) is 1. The third-order valence-corrected chi connectivity index (χ3v) is 3.14. The molecule has 2 heterocycles. The minimum Gasteiger partial charge on any atom is -0.478 e. The van der Waals surface area contributed by atoms with Gasteiger partial charge in [0.15, 0.2) is 0 Å². The van der Waals surface area contributed by atoms with Crippen molar-refractivity contribution in [1.29, 1.82) is 0 Å². The van der Waals surface area contributed by atoms with E-state index in [1.165, 1.54) is 18.5 Å². The van der Waals surface area contributed by atoms with Gasteiger partial charge in [-0.05, 0) is 24.9 Å². The molecule has 4 N–H and O–H groups in total. The van der Waals surface area contributed by atoms with Gasteiger partial charge in [0.25, 0.3) is 0 Å². The molecule has 1 saturated heterocycles. The molecule has 0 bridgehead atoms. The molecule has 1 unspecified atom stereocenters. The summed E-state index contributed by atoms with van der Waals surface area (Å²) in [7, 11) is 0. The van der Waals surface area contributed by atoms with Crippen LogP contribution in [0.1, 0.15) is 16.8 Å². The lowest BCUT2D eigenvalue weighted by Gasteiger charge is -2.17. The van der Waals surface area contributed by atoms with E-state index in [4.69, 9.17) is 10.8 Å². The molecule has 1 aliphatic rings. The van der Waals surface area contributed by atoms with Crippen molar-refractivity contribution < 1.29 is 14.7 Å². The van der Waals surface area contributed by atoms with E-state index < -0.39 is 5.97 Å². The summed E-state index contributed by atoms with van der Waals surface area (Å²) in [6, 6.07) is 1.13. The lowest BCUT2D eigenvalue weighted by Crippen LogP contribution is -2.33. The average molecular weight is 264 g/mol. The minimum absolute atomic E-state index is 0.0408. The van der Waals surface area contributed by atoms with Crippen LogP contribution >= 0.6 is 0 Å². The number of anilines is 1. The van der Waals surface area contributed by atoms with E-state index in [-0.39, 0.29) is 11.6 Å². The van der Waals surface area contributed by atoms with Crippen LogP contribution in [-0.2, 0) is 0 Å². The second-order valence-corrected chi connectivity index (χ2v) is 4.53. The maximum atomic E-state index is 12.0. The lowest BCUT2D eigenvalue weighted by molar-refractivity contribution is 0.0696. The number of aromatic nitrogens is 1. The smallest absolute Gasteiger partial charge is 0.337 e. The molecule has 102 valence electrons. The van der Waals surface area contributed by atoms with Crippen LogP contribution in [0.4, 0.5) is 10.5 Å². The van der Waals surface area contributed by atoms with Crippen LogP contribution in [0, 0.1) is 5.92 Å². The Morgan fingerprint density at radius 3 is 2.95 bits per heavy atom. The summed E-state index contributed by atoms with van der Waals surface area (Å²) in [5, 5.41) is 11.5. The maximum absolute atomic E-state index is 12.0. The van der Waals surface area contributed by atoms with Gasteiger partial charge in [0.05, 0.1) is 17.4 Å². The number of pyridine rings is 1. The Morgan fingerprint density at radius 1 is 1.53 bits per heavy atom. The number of carbonyl (C=O) groups is 2. The molecule has 1 fully saturated rings. The molecule has 0 saturated carbocycles. The van der Waals surface area contributed by atoms with E-state index in [0.717, 1.165) is 6.42 Å². The number of carboxylic acids is 1. The van der Waals surface area contributed by atoms with Crippen LogP contribution in [0.15, 0.2) is 18.5 Å². The van der Waals surface area contributed by atoms with Crippen LogP contribution in [0.3, 0.4) is 0 Å². The largest absolute Gasteiger partial charge is 0.478 e. The van der Waals surface area contributed by atoms with Gasteiger partial charge in [-0.25, -0.2) is 9.59 Å². The fraction of sp³-hybridized carbons (Fsp3) is 0.417. The van der Waals surface area contributed by atoms with Crippen molar-refractivity contribution in [2.24, 2.45) is 11.7 Å². The average Bonchev–Trinajstić information content (AvgIpc) is 2.88. The van der Waals surface area contributed by atoms with Gasteiger partial charge in [0.2, 0.25) is 0 Å². The van der Waals surface area contributed by atoms with Gasteiger partial charge in [0.1, 0.15) is 0 Å². The van der Waals surface area contributed by atoms with Crippen LogP contribution in [0.2, 0.25) is 0 Å². The van der Waals surface area contributed by atoms with Gasteiger partial charge in [0, 0.05) is 19.3 Å². The van der Waals surface area contributed by atoms with Gasteiger partial charge in [-0.1, -0.05) is 0 Å². The van der Waals surface area contributed by atoms with E-state index >= 15 is 0 Å². The van der Waals surface area contributed by atoms with Crippen molar-refractivity contribution in [3.05, 3.63) is 24.0 Å². The summed E-state index contributed by atoms with van der Waals surface area (Å²) in [5.74, 6) is -0.734. The quantitative estimate of drug-likeness (QED) is 0.740. The first-order valence-corrected chi connectivity index (χ1v) is 6.04. The SMILES string of the molecule is NCC1CCN(C(=O)Nc2cncc(C(=O)O)c2)C1. The monoisotopic (exact) mass is 264 g/mol. The Balaban J connectivity index is 1.99. The zero-order valence-electron chi connectivity index (χ0n) is 10.4. The molecule has 1 aromatic rings. The van der Waals surface area contributed by atoms with Crippen LogP contribution in [-0.4, -0.2) is 46.6 Å². The van der Waals surface area contributed by atoms with E-state index in [0.29, 0.717) is 31.2 Å². The predicted octanol–water partition coefficient (Wildman–Crippen LogP) is 0.592. The topological polar surface area (TPSA) is 109 Å². The van der Waals surface area contributed by atoms with Crippen molar-refractivity contribution in [2.75, 3.05) is 25.0 Å². The summed E-state index contributed by atoms with van der Waals surface area (Å²) in [4.78, 5) is 28.2. The molecule has 1 aliphatic heterocycles. The number of aromatic carboxylic acids is 1. The lowest BCUT2D eigenvalue weighted by atomic mass is 10.1. The van der Waals surface area contributed by atoms with Crippen molar-refractivity contribution in [1.82, 2.24) is 9.88 Å². The van der Waals surface area contributed by atoms with Crippen molar-refractivity contribution in [3.63, 3.8) is 0 Å². The molecule has 0 radical (unpaired) electrons. The van der Waals surface area contributed by atoms with Gasteiger partial charge < -0.3 is 21.1 Å². The Labute approximate surface area is 110 Å². The number of hydrogen-bond donors (Lipinski definition) is 3. The molecule has 0 spiro atoms. The predicted molar refractivity (Wildman–Crippen MR) is 68.9 cm³/mol. The normalized spacial score (nSPS) is 18.4. The standard InChI is InChI=1S/C12H16N4O3/c13-4-8-1-2-16(7-8)12(19)15-10-3-9(11(17)18)5-14-6-10/h3,5-6,8H,1-2,4,7,13H2,(H,15,19)(H,17,18). The molecule has 2 amide bonds. The van der Waals surface area contributed by atoms with E-state index in [1.54, 1.807) is 4.90 Å². The Morgan fingerprint density at radius 2 is 2.32 bits per heavy atom. The Kier molecular flexibility index (Phi) is 3.96. The van der Waals surface area contributed by atoms with Crippen molar-refractivity contribution in [3.8, 4) is 0 Å². The number of urea groups is 1. The fourth-order valence-corrected chi connectivity index (χ4v) is 2.04. The third kappa shape index (κ3) is 3.19. The fourth-order valence-electron chi connectivity index (χ4n) is 2.04. The summed E-state index contributed by atoms with van der Waals surface area (Å²) in [5.41, 5.74) is 5.99. The molecular weight excluding hydrogens is 248 g/mol. The third-order valence-electron chi connectivity index (χ3n) is 3.14. The van der Waals surface area contributed by atoms with E-state index in [2.05, 4.69) is 10.3 Å². The van der Waals surface area contributed by atoms with Gasteiger partial charge in [-0.2, -0.15) is 0 Å². The summed E-state index contributed by atoms with van der Waals surface area (Å²) in [6.45, 7) is 1.87. The first-order valence-electron chi connectivity index (χ1n) is 6.04. The number of rotatable bonds is 3. The van der Waals surface area contributed by atoms with Gasteiger partial charge >= 0.3 is 12.0 Å². The van der Waals surface area contributed by atoms with Crippen molar-refractivity contribution >= 4 is 17.7 Å². The molecule has 19 heavy (non-hydrogen) atoms. The number of nitrogens with two attached hydrogens (primary N) is 1. The maximum Gasteiger partial charge on any atom is 0.337 e. The summed E-state index contributed by atoms with van der Waals surface area (Å²) >= 11 is 0. The number of hydrogen-bond acceptors (Lipinski definition) is 4. The molecule has 2 rings (SSSR count). The second kappa shape index (κ2) is 5.66. The Bertz CT molecular complexity index is 492. The van der Waals surface area contributed by atoms with Crippen LogP contribution < -0.4 is 11.1 Å². The van der Waals surface area contributed by atoms with Crippen molar-refractivity contribution in [2.45, 2.75) is 6.42 Å². The van der Waals surface area contributed by atoms with Crippen LogP contribution in [0.25, 0.3) is 0 Å². The zero-order chi connectivity index (χ0) is 13.8. The molecule has 1 aromatic heterocycles. The highest BCUT2D eigenvalue weighted by molar-refractivity contribution is 5.92. The zero-order valence-corrected chi connectivity index (χ0v) is 10.4. The number of carbonyl (C=O) groups excluding carboxylic acids is 1. The molecule has 7 nitrogen and oxygen atoms in total. The molecule has 1 atom stereocenters. The highest BCUT2D eigenvalue weighted by Crippen LogP contribution is 2.16. The van der Waals surface area contributed by atoms with Gasteiger partial charge in [-0.15, -0.1) is 0 Å². The summed E-state index contributed by atoms with van der Waals surface area (Å²) in [6.07, 6.45) is 3.55. The number of nitrogens with zero attached hydrogens (tertiary/aromatic N) is 2. The minimum atomic E-state index is -1.08. The number of amides is 2. The molecular formula is C12H16N4O3.